The lowest BCUT2D eigenvalue weighted by atomic mass is 10.1. The number of phenols is 1. The van der Waals surface area contributed by atoms with Gasteiger partial charge in [-0.2, -0.15) is 0 Å². The maximum Gasteiger partial charge on any atom is 0.255 e. The molecule has 4 heteroatoms. The Labute approximate surface area is 116 Å². The number of para-hydroxylation sites is 1. The minimum absolute atomic E-state index is 0.176. The molecule has 2 aromatic carbocycles. The van der Waals surface area contributed by atoms with Gasteiger partial charge < -0.3 is 10.4 Å². The van der Waals surface area contributed by atoms with Crippen LogP contribution in [-0.2, 0) is 0 Å². The number of nitrogens with one attached hydrogen (secondary N) is 1. The van der Waals surface area contributed by atoms with E-state index in [4.69, 9.17) is 0 Å². The van der Waals surface area contributed by atoms with Gasteiger partial charge in [-0.25, -0.2) is 0 Å². The van der Waals surface area contributed by atoms with Crippen molar-refractivity contribution in [3.05, 3.63) is 53.6 Å². The first-order valence-electron chi connectivity index (χ1n) is 5.86. The topological polar surface area (TPSA) is 49.3 Å². The highest BCUT2D eigenvalue weighted by atomic mass is 32.2. The van der Waals surface area contributed by atoms with Crippen LogP contribution in [0.1, 0.15) is 15.9 Å². The molecule has 2 aromatic rings. The van der Waals surface area contributed by atoms with Gasteiger partial charge in [-0.05, 0) is 49.1 Å². The summed E-state index contributed by atoms with van der Waals surface area (Å²) in [6.07, 6.45) is 1.97. The molecule has 0 aliphatic rings. The number of benzene rings is 2. The molecule has 0 unspecified atom stereocenters. The minimum Gasteiger partial charge on any atom is -0.508 e. The molecular weight excluding hydrogens is 258 g/mol. The predicted octanol–water partition coefficient (Wildman–Crippen LogP) is 3.67. The SMILES string of the molecule is CSc1ccccc1NC(=O)c1ccc(O)c(C)c1. The number of aromatic hydroxyl groups is 1. The molecule has 0 fully saturated rings. The fourth-order valence-corrected chi connectivity index (χ4v) is 2.29. The lowest BCUT2D eigenvalue weighted by Gasteiger charge is -2.09. The highest BCUT2D eigenvalue weighted by Crippen LogP contribution is 2.25. The van der Waals surface area contributed by atoms with Crippen molar-refractivity contribution in [2.24, 2.45) is 0 Å². The number of phenolic OH excluding ortho intramolecular Hbond substituents is 1. The summed E-state index contributed by atoms with van der Waals surface area (Å²) in [6.45, 7) is 1.77. The molecule has 1 amide bonds. The molecule has 98 valence electrons. The standard InChI is InChI=1S/C15H15NO2S/c1-10-9-11(7-8-13(10)17)15(18)16-12-5-3-4-6-14(12)19-2/h3-9,17H,1-2H3,(H,16,18). The average molecular weight is 273 g/mol. The Hall–Kier alpha value is -1.94. The first kappa shape index (κ1) is 13.5. The van der Waals surface area contributed by atoms with E-state index in [-0.39, 0.29) is 11.7 Å². The summed E-state index contributed by atoms with van der Waals surface area (Å²) in [4.78, 5) is 13.2. The number of thioether (sulfide) groups is 1. The molecule has 0 aromatic heterocycles. The normalized spacial score (nSPS) is 10.2. The Kier molecular flexibility index (Phi) is 4.12. The molecule has 0 spiro atoms. The first-order valence-corrected chi connectivity index (χ1v) is 7.08. The molecule has 0 aliphatic heterocycles. The van der Waals surface area contributed by atoms with Gasteiger partial charge in [-0.3, -0.25) is 4.79 Å². The van der Waals surface area contributed by atoms with E-state index in [1.54, 1.807) is 30.8 Å². The largest absolute Gasteiger partial charge is 0.508 e. The lowest BCUT2D eigenvalue weighted by molar-refractivity contribution is 0.102. The van der Waals surface area contributed by atoms with Gasteiger partial charge in [-0.1, -0.05) is 12.1 Å². The van der Waals surface area contributed by atoms with Crippen LogP contribution in [0.15, 0.2) is 47.4 Å². The predicted molar refractivity (Wildman–Crippen MR) is 79.0 cm³/mol. The van der Waals surface area contributed by atoms with Crippen LogP contribution in [0.25, 0.3) is 0 Å². The third-order valence-corrected chi connectivity index (χ3v) is 3.61. The first-order chi connectivity index (χ1) is 9.11. The third-order valence-electron chi connectivity index (χ3n) is 2.81. The number of hydrogen-bond acceptors (Lipinski definition) is 3. The minimum atomic E-state index is -0.176. The Balaban J connectivity index is 2.23. The maximum atomic E-state index is 12.1. The van der Waals surface area contributed by atoms with Gasteiger partial charge in [0.25, 0.3) is 5.91 Å². The van der Waals surface area contributed by atoms with Crippen LogP contribution >= 0.6 is 11.8 Å². The molecule has 0 saturated heterocycles. The van der Waals surface area contributed by atoms with E-state index in [1.807, 2.05) is 30.5 Å². The molecule has 0 saturated carbocycles. The van der Waals surface area contributed by atoms with Gasteiger partial charge >= 0.3 is 0 Å². The lowest BCUT2D eigenvalue weighted by Crippen LogP contribution is -2.12. The highest BCUT2D eigenvalue weighted by molar-refractivity contribution is 7.98. The molecule has 3 nitrogen and oxygen atoms in total. The van der Waals surface area contributed by atoms with E-state index >= 15 is 0 Å². The summed E-state index contributed by atoms with van der Waals surface area (Å²) in [5.74, 6) is 0.0191. The number of hydrogen-bond donors (Lipinski definition) is 2. The van der Waals surface area contributed by atoms with Crippen molar-refractivity contribution in [2.75, 3.05) is 11.6 Å². The highest BCUT2D eigenvalue weighted by Gasteiger charge is 2.09. The van der Waals surface area contributed by atoms with E-state index in [0.717, 1.165) is 10.6 Å². The third kappa shape index (κ3) is 3.09. The summed E-state index contributed by atoms with van der Waals surface area (Å²) in [5.41, 5.74) is 2.02. The second kappa shape index (κ2) is 5.80. The number of carbonyl (C=O) groups excluding carboxylic acids is 1. The number of carbonyl (C=O) groups is 1. The van der Waals surface area contributed by atoms with E-state index in [9.17, 15) is 9.90 Å². The van der Waals surface area contributed by atoms with Gasteiger partial charge in [0.2, 0.25) is 0 Å². The molecule has 19 heavy (non-hydrogen) atoms. The molecule has 0 radical (unpaired) electrons. The van der Waals surface area contributed by atoms with E-state index in [2.05, 4.69) is 5.32 Å². The second-order valence-electron chi connectivity index (χ2n) is 4.16. The number of aryl methyl sites for hydroxylation is 1. The summed E-state index contributed by atoms with van der Waals surface area (Å²) in [5, 5.41) is 12.3. The molecular formula is C15H15NO2S. The summed E-state index contributed by atoms with van der Waals surface area (Å²) >= 11 is 1.58. The van der Waals surface area contributed by atoms with Crippen LogP contribution in [0.2, 0.25) is 0 Å². The van der Waals surface area contributed by atoms with Crippen molar-refractivity contribution < 1.29 is 9.90 Å². The smallest absolute Gasteiger partial charge is 0.255 e. The number of anilines is 1. The molecule has 0 atom stereocenters. The average Bonchev–Trinajstić information content (AvgIpc) is 2.42. The molecule has 2 rings (SSSR count). The van der Waals surface area contributed by atoms with Crippen molar-refractivity contribution in [3.63, 3.8) is 0 Å². The quantitative estimate of drug-likeness (QED) is 0.839. The molecule has 0 aliphatic carbocycles. The van der Waals surface area contributed by atoms with Crippen LogP contribution in [-0.4, -0.2) is 17.3 Å². The molecule has 2 N–H and O–H groups in total. The Morgan fingerprint density at radius 1 is 1.21 bits per heavy atom. The number of amides is 1. The van der Waals surface area contributed by atoms with Crippen molar-refractivity contribution in [1.29, 1.82) is 0 Å². The zero-order chi connectivity index (χ0) is 13.8. The van der Waals surface area contributed by atoms with E-state index in [1.165, 1.54) is 6.07 Å². The van der Waals surface area contributed by atoms with Gasteiger partial charge in [0.15, 0.2) is 0 Å². The fraction of sp³-hybridized carbons (Fsp3) is 0.133. The Morgan fingerprint density at radius 2 is 1.95 bits per heavy atom. The van der Waals surface area contributed by atoms with Crippen LogP contribution in [0.4, 0.5) is 5.69 Å². The summed E-state index contributed by atoms with van der Waals surface area (Å²) < 4.78 is 0. The van der Waals surface area contributed by atoms with E-state index < -0.39 is 0 Å². The van der Waals surface area contributed by atoms with Crippen LogP contribution < -0.4 is 5.32 Å². The van der Waals surface area contributed by atoms with Crippen molar-refractivity contribution >= 4 is 23.4 Å². The summed E-state index contributed by atoms with van der Waals surface area (Å²) in [6, 6.07) is 12.5. The van der Waals surface area contributed by atoms with Gasteiger partial charge in [0.1, 0.15) is 5.75 Å². The monoisotopic (exact) mass is 273 g/mol. The second-order valence-corrected chi connectivity index (χ2v) is 5.00. The molecule has 0 heterocycles. The van der Waals surface area contributed by atoms with Crippen molar-refractivity contribution in [1.82, 2.24) is 0 Å². The zero-order valence-electron chi connectivity index (χ0n) is 10.8. The van der Waals surface area contributed by atoms with Crippen LogP contribution in [0.5, 0.6) is 5.75 Å². The zero-order valence-corrected chi connectivity index (χ0v) is 11.6. The van der Waals surface area contributed by atoms with Crippen LogP contribution in [0.3, 0.4) is 0 Å². The van der Waals surface area contributed by atoms with Crippen molar-refractivity contribution in [2.45, 2.75) is 11.8 Å². The fourth-order valence-electron chi connectivity index (χ4n) is 1.74. The number of rotatable bonds is 3. The van der Waals surface area contributed by atoms with E-state index in [0.29, 0.717) is 11.1 Å². The Bertz CT molecular complexity index is 611. The van der Waals surface area contributed by atoms with Gasteiger partial charge in [0, 0.05) is 10.5 Å². The Morgan fingerprint density at radius 3 is 2.63 bits per heavy atom. The van der Waals surface area contributed by atoms with Crippen molar-refractivity contribution in [3.8, 4) is 5.75 Å². The van der Waals surface area contributed by atoms with Gasteiger partial charge in [-0.15, -0.1) is 11.8 Å². The van der Waals surface area contributed by atoms with Crippen LogP contribution in [0, 0.1) is 6.92 Å². The van der Waals surface area contributed by atoms with Gasteiger partial charge in [0.05, 0.1) is 5.69 Å². The maximum absolute atomic E-state index is 12.1. The summed E-state index contributed by atoms with van der Waals surface area (Å²) in [7, 11) is 0. The molecule has 0 bridgehead atoms.